The van der Waals surface area contributed by atoms with Gasteiger partial charge in [0, 0.05) is 25.3 Å². The van der Waals surface area contributed by atoms with Crippen molar-refractivity contribution in [2.75, 3.05) is 25.0 Å². The van der Waals surface area contributed by atoms with E-state index >= 15 is 0 Å². The van der Waals surface area contributed by atoms with Gasteiger partial charge in [-0.3, -0.25) is 0 Å². The van der Waals surface area contributed by atoms with Gasteiger partial charge in [-0.1, -0.05) is 6.92 Å². The summed E-state index contributed by atoms with van der Waals surface area (Å²) in [6, 6.07) is 6.66. The van der Waals surface area contributed by atoms with Gasteiger partial charge in [0.2, 0.25) is 10.0 Å². The molecule has 1 rings (SSSR count). The Labute approximate surface area is 121 Å². The molecule has 0 aromatic heterocycles. The smallest absolute Gasteiger partial charge is 0.243 e. The standard InChI is InChI=1S/C14H24N2O3S/c1-5-15-12-7-9-13(10-8-12)20(18,19)16(6-2)11-14(3,4)17/h7-10,15,17H,5-6,11H2,1-4H3. The molecule has 0 radical (unpaired) electrons. The second-order valence-electron chi connectivity index (χ2n) is 5.30. The molecule has 0 unspecified atom stereocenters. The van der Waals surface area contributed by atoms with Crippen molar-refractivity contribution in [2.24, 2.45) is 0 Å². The first-order chi connectivity index (χ1) is 9.20. The zero-order valence-electron chi connectivity index (χ0n) is 12.5. The molecule has 0 heterocycles. The third kappa shape index (κ3) is 4.47. The van der Waals surface area contributed by atoms with E-state index in [4.69, 9.17) is 0 Å². The van der Waals surface area contributed by atoms with Crippen molar-refractivity contribution in [3.8, 4) is 0 Å². The molecule has 0 bridgehead atoms. The molecule has 1 aromatic rings. The fourth-order valence-corrected chi connectivity index (χ4v) is 3.50. The minimum absolute atomic E-state index is 0.0702. The largest absolute Gasteiger partial charge is 0.389 e. The van der Waals surface area contributed by atoms with Gasteiger partial charge in [0.05, 0.1) is 10.5 Å². The van der Waals surface area contributed by atoms with Gasteiger partial charge >= 0.3 is 0 Å². The Bertz CT molecular complexity index is 518. The molecule has 1 aromatic carbocycles. The molecule has 20 heavy (non-hydrogen) atoms. The van der Waals surface area contributed by atoms with E-state index in [0.29, 0.717) is 6.54 Å². The first-order valence-corrected chi connectivity index (χ1v) is 8.21. The topological polar surface area (TPSA) is 69.6 Å². The fourth-order valence-electron chi connectivity index (χ4n) is 1.90. The average molecular weight is 300 g/mol. The number of anilines is 1. The number of benzene rings is 1. The summed E-state index contributed by atoms with van der Waals surface area (Å²) < 4.78 is 26.3. The highest BCUT2D eigenvalue weighted by atomic mass is 32.2. The molecule has 0 atom stereocenters. The zero-order chi connectivity index (χ0) is 15.4. The van der Waals surface area contributed by atoms with E-state index in [9.17, 15) is 13.5 Å². The van der Waals surface area contributed by atoms with Crippen LogP contribution in [-0.4, -0.2) is 43.1 Å². The van der Waals surface area contributed by atoms with E-state index < -0.39 is 15.6 Å². The quantitative estimate of drug-likeness (QED) is 0.807. The Morgan fingerprint density at radius 3 is 2.15 bits per heavy atom. The molecule has 5 nitrogen and oxygen atoms in total. The number of sulfonamides is 1. The van der Waals surface area contributed by atoms with Crippen LogP contribution in [0.1, 0.15) is 27.7 Å². The number of nitrogens with zero attached hydrogens (tertiary/aromatic N) is 1. The van der Waals surface area contributed by atoms with E-state index in [-0.39, 0.29) is 11.4 Å². The van der Waals surface area contributed by atoms with Gasteiger partial charge in [0.15, 0.2) is 0 Å². The second-order valence-corrected chi connectivity index (χ2v) is 7.24. The minimum Gasteiger partial charge on any atom is -0.389 e. The summed E-state index contributed by atoms with van der Waals surface area (Å²) in [5, 5.41) is 12.9. The van der Waals surface area contributed by atoms with Crippen molar-refractivity contribution >= 4 is 15.7 Å². The van der Waals surface area contributed by atoms with Gasteiger partial charge in [-0.05, 0) is 45.0 Å². The molecule has 0 amide bonds. The van der Waals surface area contributed by atoms with E-state index in [0.717, 1.165) is 12.2 Å². The first kappa shape index (κ1) is 16.9. The lowest BCUT2D eigenvalue weighted by Crippen LogP contribution is -2.42. The third-order valence-electron chi connectivity index (χ3n) is 2.79. The number of hydrogen-bond donors (Lipinski definition) is 2. The summed E-state index contributed by atoms with van der Waals surface area (Å²) >= 11 is 0. The van der Waals surface area contributed by atoms with Gasteiger partial charge in [-0.2, -0.15) is 4.31 Å². The Morgan fingerprint density at radius 1 is 1.20 bits per heavy atom. The first-order valence-electron chi connectivity index (χ1n) is 6.77. The molecule has 0 aliphatic rings. The lowest BCUT2D eigenvalue weighted by atomic mass is 10.1. The lowest BCUT2D eigenvalue weighted by molar-refractivity contribution is 0.0601. The highest BCUT2D eigenvalue weighted by Gasteiger charge is 2.28. The Morgan fingerprint density at radius 2 is 1.75 bits per heavy atom. The molecular formula is C14H24N2O3S. The molecule has 0 saturated carbocycles. The molecule has 0 aliphatic heterocycles. The summed E-state index contributed by atoms with van der Waals surface area (Å²) in [4.78, 5) is 0.241. The number of aliphatic hydroxyl groups is 1. The summed E-state index contributed by atoms with van der Waals surface area (Å²) in [5.74, 6) is 0. The highest BCUT2D eigenvalue weighted by Crippen LogP contribution is 2.20. The maximum absolute atomic E-state index is 12.5. The molecule has 0 spiro atoms. The van der Waals surface area contributed by atoms with Crippen LogP contribution in [0.2, 0.25) is 0 Å². The van der Waals surface area contributed by atoms with Crippen LogP contribution in [0.3, 0.4) is 0 Å². The maximum Gasteiger partial charge on any atom is 0.243 e. The molecule has 0 aliphatic carbocycles. The van der Waals surface area contributed by atoms with E-state index in [1.807, 2.05) is 6.92 Å². The predicted octanol–water partition coefficient (Wildman–Crippen LogP) is 1.90. The van der Waals surface area contributed by atoms with Crippen LogP contribution in [0.15, 0.2) is 29.2 Å². The zero-order valence-corrected chi connectivity index (χ0v) is 13.4. The van der Waals surface area contributed by atoms with E-state index in [1.165, 1.54) is 4.31 Å². The molecule has 114 valence electrons. The van der Waals surface area contributed by atoms with Crippen molar-refractivity contribution in [3.05, 3.63) is 24.3 Å². The van der Waals surface area contributed by atoms with E-state index in [1.54, 1.807) is 45.0 Å². The molecule has 6 heteroatoms. The molecular weight excluding hydrogens is 276 g/mol. The molecule has 0 saturated heterocycles. The van der Waals surface area contributed by atoms with Crippen LogP contribution in [0.4, 0.5) is 5.69 Å². The van der Waals surface area contributed by atoms with Crippen molar-refractivity contribution in [1.29, 1.82) is 0 Å². The van der Waals surface area contributed by atoms with Crippen LogP contribution >= 0.6 is 0 Å². The van der Waals surface area contributed by atoms with Gasteiger partial charge in [0.25, 0.3) is 0 Å². The lowest BCUT2D eigenvalue weighted by Gasteiger charge is -2.27. The Balaban J connectivity index is 3.01. The van der Waals surface area contributed by atoms with Gasteiger partial charge in [-0.25, -0.2) is 8.42 Å². The SMILES string of the molecule is CCNc1ccc(S(=O)(=O)N(CC)CC(C)(C)O)cc1. The van der Waals surface area contributed by atoms with Crippen molar-refractivity contribution < 1.29 is 13.5 Å². The number of nitrogens with one attached hydrogen (secondary N) is 1. The van der Waals surface area contributed by atoms with Crippen molar-refractivity contribution in [2.45, 2.75) is 38.2 Å². The van der Waals surface area contributed by atoms with Gasteiger partial charge in [-0.15, -0.1) is 0 Å². The summed E-state index contributed by atoms with van der Waals surface area (Å²) in [6.45, 7) is 8.11. The van der Waals surface area contributed by atoms with Crippen LogP contribution in [-0.2, 0) is 10.0 Å². The Hall–Kier alpha value is -1.11. The molecule has 2 N–H and O–H groups in total. The number of hydrogen-bond acceptors (Lipinski definition) is 4. The predicted molar refractivity (Wildman–Crippen MR) is 81.3 cm³/mol. The number of rotatable bonds is 7. The summed E-state index contributed by atoms with van der Waals surface area (Å²) in [5.41, 5.74) is -0.177. The second kappa shape index (κ2) is 6.56. The average Bonchev–Trinajstić information content (AvgIpc) is 2.36. The van der Waals surface area contributed by atoms with Gasteiger partial charge in [0.1, 0.15) is 0 Å². The molecule has 0 fully saturated rings. The number of likely N-dealkylation sites (N-methyl/N-ethyl adjacent to an activating group) is 1. The van der Waals surface area contributed by atoms with Crippen LogP contribution in [0.25, 0.3) is 0 Å². The van der Waals surface area contributed by atoms with E-state index in [2.05, 4.69) is 5.32 Å². The van der Waals surface area contributed by atoms with Crippen molar-refractivity contribution in [3.63, 3.8) is 0 Å². The maximum atomic E-state index is 12.5. The van der Waals surface area contributed by atoms with Crippen LogP contribution in [0, 0.1) is 0 Å². The normalized spacial score (nSPS) is 12.7. The monoisotopic (exact) mass is 300 g/mol. The van der Waals surface area contributed by atoms with Gasteiger partial charge < -0.3 is 10.4 Å². The fraction of sp³-hybridized carbons (Fsp3) is 0.571. The summed E-state index contributed by atoms with van der Waals surface area (Å²) in [6.07, 6.45) is 0. The minimum atomic E-state index is -3.57. The van der Waals surface area contributed by atoms with Crippen LogP contribution in [0.5, 0.6) is 0 Å². The highest BCUT2D eigenvalue weighted by molar-refractivity contribution is 7.89. The Kier molecular flexibility index (Phi) is 5.56. The van der Waals surface area contributed by atoms with Crippen molar-refractivity contribution in [1.82, 2.24) is 4.31 Å². The summed E-state index contributed by atoms with van der Waals surface area (Å²) in [7, 11) is -3.57. The third-order valence-corrected chi connectivity index (χ3v) is 4.72. The van der Waals surface area contributed by atoms with Crippen LogP contribution < -0.4 is 5.32 Å².